The Bertz CT molecular complexity index is 1490. The minimum atomic E-state index is -0.730. The van der Waals surface area contributed by atoms with Gasteiger partial charge in [-0.25, -0.2) is 4.98 Å². The van der Waals surface area contributed by atoms with Gasteiger partial charge in [0.1, 0.15) is 5.82 Å². The minimum absolute atomic E-state index is 0.0782. The number of ketones is 1. The predicted octanol–water partition coefficient (Wildman–Crippen LogP) is 5.34. The predicted molar refractivity (Wildman–Crippen MR) is 146 cm³/mol. The lowest BCUT2D eigenvalue weighted by Crippen LogP contribution is -2.38. The van der Waals surface area contributed by atoms with Crippen LogP contribution in [0.15, 0.2) is 56.8 Å². The fraction of sp³-hybridized carbons (Fsp3) is 0.217. The van der Waals surface area contributed by atoms with Crippen LogP contribution in [0.4, 0.5) is 10.3 Å². The van der Waals surface area contributed by atoms with Crippen molar-refractivity contribution >= 4 is 79.6 Å². The first-order valence-corrected chi connectivity index (χ1v) is 14.4. The summed E-state index contributed by atoms with van der Waals surface area (Å²) in [7, 11) is 0. The number of nitrogens with two attached hydrogens (primary N) is 1. The van der Waals surface area contributed by atoms with Crippen molar-refractivity contribution in [3.63, 3.8) is 0 Å². The number of halogens is 2. The maximum atomic E-state index is 13.2. The van der Waals surface area contributed by atoms with E-state index < -0.39 is 5.92 Å². The molecular formula is C23H17Cl2N7O2S3. The maximum Gasteiger partial charge on any atom is 0.236 e. The zero-order chi connectivity index (χ0) is 26.1. The molecule has 0 spiro atoms. The van der Waals surface area contributed by atoms with Gasteiger partial charge in [-0.05, 0) is 24.5 Å². The van der Waals surface area contributed by atoms with E-state index in [4.69, 9.17) is 28.9 Å². The van der Waals surface area contributed by atoms with Gasteiger partial charge in [-0.2, -0.15) is 5.26 Å². The van der Waals surface area contributed by atoms with Gasteiger partial charge in [-0.3, -0.25) is 14.5 Å². The summed E-state index contributed by atoms with van der Waals surface area (Å²) in [6.45, 7) is 0. The summed E-state index contributed by atoms with van der Waals surface area (Å²) >= 11 is 16.6. The van der Waals surface area contributed by atoms with Crippen LogP contribution in [0.3, 0.4) is 0 Å². The Kier molecular flexibility index (Phi) is 7.50. The number of thioether (sulfide) groups is 1. The number of carbonyl (C=O) groups is 2. The van der Waals surface area contributed by atoms with Gasteiger partial charge >= 0.3 is 0 Å². The quantitative estimate of drug-likeness (QED) is 0.365. The number of nitrogens with zero attached hydrogens (tertiary/aromatic N) is 5. The average molecular weight is 591 g/mol. The molecule has 2 aromatic heterocycles. The van der Waals surface area contributed by atoms with Crippen molar-refractivity contribution < 1.29 is 9.59 Å². The van der Waals surface area contributed by atoms with Crippen LogP contribution in [0, 0.1) is 11.3 Å². The highest BCUT2D eigenvalue weighted by atomic mass is 35.5. The average Bonchev–Trinajstić information content (AvgIpc) is 3.56. The molecule has 1 atom stereocenters. The smallest absolute Gasteiger partial charge is 0.236 e. The van der Waals surface area contributed by atoms with E-state index >= 15 is 0 Å². The van der Waals surface area contributed by atoms with Crippen molar-refractivity contribution in [2.24, 2.45) is 5.73 Å². The van der Waals surface area contributed by atoms with Crippen LogP contribution in [-0.4, -0.2) is 32.6 Å². The zero-order valence-electron chi connectivity index (χ0n) is 18.9. The number of nitriles is 1. The van der Waals surface area contributed by atoms with Crippen molar-refractivity contribution in [2.75, 3.05) is 16.0 Å². The molecule has 1 aliphatic carbocycles. The van der Waals surface area contributed by atoms with Crippen molar-refractivity contribution in [1.29, 1.82) is 5.26 Å². The number of rotatable bonds is 6. The monoisotopic (exact) mass is 589 g/mol. The normalized spacial score (nSPS) is 17.6. The number of nitrogens with one attached hydrogen (secondary N) is 1. The summed E-state index contributed by atoms with van der Waals surface area (Å²) in [5.74, 6) is -0.752. The molecule has 14 heteroatoms. The summed E-state index contributed by atoms with van der Waals surface area (Å²) in [6.07, 6.45) is 3.16. The van der Waals surface area contributed by atoms with Crippen LogP contribution in [0.1, 0.15) is 30.7 Å². The highest BCUT2D eigenvalue weighted by Crippen LogP contribution is 2.49. The largest absolute Gasteiger partial charge is 0.384 e. The number of Topliss-reactive ketones (excluding diaryl/α,β-unsaturated/α-hetero) is 1. The van der Waals surface area contributed by atoms with Crippen LogP contribution in [0.2, 0.25) is 10.0 Å². The lowest BCUT2D eigenvalue weighted by atomic mass is 9.76. The molecule has 188 valence electrons. The molecule has 3 N–H and O–H groups in total. The summed E-state index contributed by atoms with van der Waals surface area (Å²) < 4.78 is 0.542. The van der Waals surface area contributed by atoms with Crippen LogP contribution in [0.5, 0.6) is 0 Å². The van der Waals surface area contributed by atoms with Gasteiger partial charge in [0.2, 0.25) is 11.0 Å². The summed E-state index contributed by atoms with van der Waals surface area (Å²) in [4.78, 5) is 31.1. The SMILES string of the molecule is N#CC1=C(N)N(c2nnc(SCC(=O)Nc3nccs3)s2)C2=C(C(=O)CCC2)C1c1cccc(Cl)c1Cl. The molecule has 0 saturated heterocycles. The minimum Gasteiger partial charge on any atom is -0.384 e. The van der Waals surface area contributed by atoms with Crippen LogP contribution < -0.4 is 16.0 Å². The Labute approximate surface area is 234 Å². The molecule has 3 heterocycles. The third-order valence-corrected chi connectivity index (χ3v) is 9.36. The van der Waals surface area contributed by atoms with E-state index in [0.717, 1.165) is 0 Å². The molecule has 0 radical (unpaired) electrons. The number of carbonyl (C=O) groups excluding carboxylic acids is 2. The summed E-state index contributed by atoms with van der Waals surface area (Å²) in [5, 5.41) is 24.6. The lowest BCUT2D eigenvalue weighted by molar-refractivity contribution is -0.116. The van der Waals surface area contributed by atoms with E-state index in [0.29, 0.717) is 55.7 Å². The van der Waals surface area contributed by atoms with Crippen LogP contribution >= 0.6 is 57.6 Å². The molecule has 0 fully saturated rings. The highest BCUT2D eigenvalue weighted by Gasteiger charge is 2.42. The fourth-order valence-electron chi connectivity index (χ4n) is 4.28. The molecule has 9 nitrogen and oxygen atoms in total. The molecule has 3 aromatic rings. The molecule has 2 aliphatic rings. The highest BCUT2D eigenvalue weighted by molar-refractivity contribution is 8.01. The van der Waals surface area contributed by atoms with Gasteiger partial charge in [0.15, 0.2) is 15.3 Å². The molecule has 0 bridgehead atoms. The number of allylic oxidation sites excluding steroid dienone is 3. The number of hydrogen-bond donors (Lipinski definition) is 2. The fourth-order valence-corrected chi connectivity index (χ4v) is 6.92. The van der Waals surface area contributed by atoms with E-state index in [1.807, 2.05) is 0 Å². The van der Waals surface area contributed by atoms with E-state index in [1.54, 1.807) is 34.7 Å². The Morgan fingerprint density at radius 2 is 2.16 bits per heavy atom. The molecule has 1 amide bonds. The molecule has 1 aliphatic heterocycles. The van der Waals surface area contributed by atoms with E-state index in [9.17, 15) is 14.9 Å². The van der Waals surface area contributed by atoms with Gasteiger partial charge in [0.05, 0.1) is 33.4 Å². The first-order chi connectivity index (χ1) is 17.9. The summed E-state index contributed by atoms with van der Waals surface area (Å²) in [6, 6.07) is 7.32. The van der Waals surface area contributed by atoms with Gasteiger partial charge in [0.25, 0.3) is 0 Å². The second kappa shape index (κ2) is 10.8. The van der Waals surface area contributed by atoms with Crippen molar-refractivity contribution in [3.8, 4) is 6.07 Å². The second-order valence-corrected chi connectivity index (χ2v) is 11.8. The number of anilines is 2. The first-order valence-electron chi connectivity index (χ1n) is 10.9. The van der Waals surface area contributed by atoms with E-state index in [2.05, 4.69) is 26.6 Å². The molecule has 1 unspecified atom stereocenters. The Balaban J connectivity index is 1.48. The van der Waals surface area contributed by atoms with Gasteiger partial charge in [-0.1, -0.05) is 58.4 Å². The third-order valence-electron chi connectivity index (χ3n) is 5.80. The molecule has 0 saturated carbocycles. The van der Waals surface area contributed by atoms with E-state index in [1.165, 1.54) is 34.4 Å². The van der Waals surface area contributed by atoms with Crippen molar-refractivity contribution in [2.45, 2.75) is 29.5 Å². The zero-order valence-corrected chi connectivity index (χ0v) is 22.9. The maximum absolute atomic E-state index is 13.2. The van der Waals surface area contributed by atoms with Crippen molar-refractivity contribution in [3.05, 3.63) is 68.0 Å². The molecule has 5 rings (SSSR count). The standard InChI is InChI=1S/C23H17Cl2N7O2S3/c24-13-4-1-3-11(19(13)25)17-12(9-26)20(27)32(14-5-2-6-15(33)18(14)17)22-30-31-23(37-22)36-10-16(34)29-21-28-7-8-35-21/h1,3-4,7-8,17H,2,5-6,10,27H2,(H,28,29,34). The number of benzene rings is 1. The van der Waals surface area contributed by atoms with E-state index in [-0.39, 0.29) is 33.9 Å². The summed E-state index contributed by atoms with van der Waals surface area (Å²) in [5.41, 5.74) is 8.44. The Morgan fingerprint density at radius 3 is 2.92 bits per heavy atom. The van der Waals surface area contributed by atoms with Crippen molar-refractivity contribution in [1.82, 2.24) is 15.2 Å². The molecule has 37 heavy (non-hydrogen) atoms. The first kappa shape index (κ1) is 25.7. The third kappa shape index (κ3) is 4.97. The topological polar surface area (TPSA) is 138 Å². The van der Waals surface area contributed by atoms with Crippen LogP contribution in [-0.2, 0) is 9.59 Å². The van der Waals surface area contributed by atoms with Gasteiger partial charge in [-0.15, -0.1) is 21.5 Å². The second-order valence-electron chi connectivity index (χ2n) is 7.98. The number of thiazole rings is 1. The van der Waals surface area contributed by atoms with Gasteiger partial charge < -0.3 is 11.1 Å². The van der Waals surface area contributed by atoms with Crippen LogP contribution in [0.25, 0.3) is 0 Å². The molecule has 1 aromatic carbocycles. The lowest BCUT2D eigenvalue weighted by Gasteiger charge is -2.38. The Hall–Kier alpha value is -2.95. The van der Waals surface area contributed by atoms with Gasteiger partial charge in [0, 0.05) is 29.3 Å². The number of hydrogen-bond acceptors (Lipinski definition) is 11. The number of aromatic nitrogens is 3. The molecular weight excluding hydrogens is 573 g/mol. The Morgan fingerprint density at radius 1 is 1.32 bits per heavy atom. The number of amides is 1.